The van der Waals surface area contributed by atoms with Crippen LogP contribution in [-0.2, 0) is 41.8 Å². The number of aryl methyl sites for hydroxylation is 1. The molecule has 3 aliphatic heterocycles. The summed E-state index contributed by atoms with van der Waals surface area (Å²) in [6, 6.07) is 15.5. The van der Waals surface area contributed by atoms with Crippen molar-refractivity contribution in [1.29, 1.82) is 0 Å². The largest absolute Gasteiger partial charge is 0.494 e. The molecular formula is C32H31FN4O7S. The Balaban J connectivity index is 1.48. The molecule has 0 spiro atoms. The maximum atomic E-state index is 14.8. The van der Waals surface area contributed by atoms with Gasteiger partial charge in [-0.05, 0) is 71.5 Å². The molecule has 0 fully saturated rings. The zero-order valence-electron chi connectivity index (χ0n) is 24.7. The normalized spacial score (nSPS) is 17.3. The molecule has 1 unspecified atom stereocenters. The quantitative estimate of drug-likeness (QED) is 0.359. The number of hydrogen-bond acceptors (Lipinski definition) is 7. The van der Waals surface area contributed by atoms with Crippen LogP contribution in [0.1, 0.15) is 34.7 Å². The van der Waals surface area contributed by atoms with Crippen LogP contribution in [0.2, 0.25) is 0 Å². The molecule has 1 N–H and O–H groups in total. The number of nitrogens with zero attached hydrogens (tertiary/aromatic N) is 3. The van der Waals surface area contributed by atoms with E-state index >= 15 is 0 Å². The van der Waals surface area contributed by atoms with Crippen LogP contribution < -0.4 is 26.0 Å². The van der Waals surface area contributed by atoms with Crippen LogP contribution in [0.15, 0.2) is 81.3 Å². The van der Waals surface area contributed by atoms with E-state index in [1.807, 2.05) is 0 Å². The molecule has 0 radical (unpaired) electrons. The number of sulfonamides is 1. The highest BCUT2D eigenvalue weighted by atomic mass is 32.2. The van der Waals surface area contributed by atoms with E-state index < -0.39 is 38.0 Å². The Kier molecular flexibility index (Phi) is 8.06. The van der Waals surface area contributed by atoms with Crippen molar-refractivity contribution < 1.29 is 27.1 Å². The molecule has 11 nitrogen and oxygen atoms in total. The van der Waals surface area contributed by atoms with Gasteiger partial charge in [0.05, 0.1) is 19.1 Å². The second kappa shape index (κ2) is 12.0. The summed E-state index contributed by atoms with van der Waals surface area (Å²) in [4.78, 5) is 37.4. The van der Waals surface area contributed by atoms with Gasteiger partial charge in [-0.25, -0.2) is 17.6 Å². The van der Waals surface area contributed by atoms with E-state index in [0.717, 1.165) is 20.9 Å². The van der Waals surface area contributed by atoms with Crippen LogP contribution in [0.3, 0.4) is 0 Å². The smallest absolute Gasteiger partial charge is 0.330 e. The van der Waals surface area contributed by atoms with Crippen molar-refractivity contribution >= 4 is 15.9 Å². The summed E-state index contributed by atoms with van der Waals surface area (Å²) in [5.74, 6) is -0.00789. The van der Waals surface area contributed by atoms with Gasteiger partial charge in [0, 0.05) is 33.4 Å². The van der Waals surface area contributed by atoms with Crippen LogP contribution in [0.4, 0.5) is 4.39 Å². The van der Waals surface area contributed by atoms with Gasteiger partial charge in [-0.15, -0.1) is 0 Å². The monoisotopic (exact) mass is 634 g/mol. The molecule has 1 aromatic heterocycles. The number of benzene rings is 3. The number of ether oxygens (including phenoxy) is 2. The Bertz CT molecular complexity index is 2040. The SMILES string of the molecule is Cn1cc(S(=O)(=O)N2CCc3cc4ccc3C2c2cccc(c2)OCCCNC(=O)Cc2ccc(F)c(c2)O4)c(=O)n(C)c1=O. The molecule has 1 amide bonds. The van der Waals surface area contributed by atoms with Crippen molar-refractivity contribution in [3.63, 3.8) is 0 Å². The number of carbonyl (C=O) groups is 1. The Morgan fingerprint density at radius 1 is 0.978 bits per heavy atom. The highest BCUT2D eigenvalue weighted by molar-refractivity contribution is 7.89. The predicted octanol–water partition coefficient (Wildman–Crippen LogP) is 2.79. The number of halogens is 1. The Morgan fingerprint density at radius 3 is 2.62 bits per heavy atom. The summed E-state index contributed by atoms with van der Waals surface area (Å²) in [6.07, 6.45) is 1.89. The second-order valence-electron chi connectivity index (χ2n) is 11.0. The van der Waals surface area contributed by atoms with Crippen molar-refractivity contribution in [2.45, 2.75) is 30.2 Å². The molecule has 0 aliphatic carbocycles. The fourth-order valence-electron chi connectivity index (χ4n) is 5.70. The number of rotatable bonds is 2. The van der Waals surface area contributed by atoms with E-state index in [1.54, 1.807) is 42.5 Å². The molecule has 0 saturated heterocycles. The third-order valence-electron chi connectivity index (χ3n) is 7.97. The molecule has 45 heavy (non-hydrogen) atoms. The number of hydrogen-bond donors (Lipinski definition) is 1. The van der Waals surface area contributed by atoms with Crippen molar-refractivity contribution in [2.75, 3.05) is 19.7 Å². The molecule has 4 aromatic rings. The second-order valence-corrected chi connectivity index (χ2v) is 12.9. The van der Waals surface area contributed by atoms with Gasteiger partial charge in [0.2, 0.25) is 5.91 Å². The molecular weight excluding hydrogens is 603 g/mol. The van der Waals surface area contributed by atoms with Crippen LogP contribution in [0.25, 0.3) is 0 Å². The lowest BCUT2D eigenvalue weighted by molar-refractivity contribution is -0.120. The molecule has 3 aromatic carbocycles. The van der Waals surface area contributed by atoms with Crippen molar-refractivity contribution in [1.82, 2.24) is 18.8 Å². The lowest BCUT2D eigenvalue weighted by atomic mass is 9.89. The molecule has 4 heterocycles. The van der Waals surface area contributed by atoms with Gasteiger partial charge in [0.25, 0.3) is 15.6 Å². The predicted molar refractivity (Wildman–Crippen MR) is 163 cm³/mol. The maximum absolute atomic E-state index is 14.8. The number of nitrogens with one attached hydrogen (secondary N) is 1. The number of amides is 1. The summed E-state index contributed by atoms with van der Waals surface area (Å²) < 4.78 is 58.2. The minimum absolute atomic E-state index is 0.0121. The third kappa shape index (κ3) is 5.88. The van der Waals surface area contributed by atoms with Crippen LogP contribution >= 0.6 is 0 Å². The summed E-state index contributed by atoms with van der Waals surface area (Å²) >= 11 is 0. The van der Waals surface area contributed by atoms with Crippen molar-refractivity contribution in [3.05, 3.63) is 116 Å². The molecule has 0 saturated carbocycles. The van der Waals surface area contributed by atoms with Gasteiger partial charge >= 0.3 is 5.69 Å². The summed E-state index contributed by atoms with van der Waals surface area (Å²) in [6.45, 7) is 0.663. The molecule has 8 bridgehead atoms. The fraction of sp³-hybridized carbons (Fsp3) is 0.281. The van der Waals surface area contributed by atoms with Gasteiger partial charge in [0.1, 0.15) is 11.5 Å². The molecule has 13 heteroatoms. The van der Waals surface area contributed by atoms with E-state index in [1.165, 1.54) is 36.6 Å². The first-order valence-electron chi connectivity index (χ1n) is 14.4. The van der Waals surface area contributed by atoms with Crippen LogP contribution in [0.5, 0.6) is 17.2 Å². The minimum Gasteiger partial charge on any atom is -0.494 e. The number of carbonyl (C=O) groups excluding carboxylic acids is 1. The van der Waals surface area contributed by atoms with Crippen molar-refractivity contribution in [3.8, 4) is 17.2 Å². The highest BCUT2D eigenvalue weighted by Crippen LogP contribution is 2.41. The average Bonchev–Trinajstić information content (AvgIpc) is 3.02. The van der Waals surface area contributed by atoms with E-state index in [0.29, 0.717) is 47.8 Å². The fourth-order valence-corrected chi connectivity index (χ4v) is 7.45. The highest BCUT2D eigenvalue weighted by Gasteiger charge is 2.39. The first-order valence-corrected chi connectivity index (χ1v) is 15.8. The molecule has 3 aliphatic rings. The zero-order valence-corrected chi connectivity index (χ0v) is 25.5. The summed E-state index contributed by atoms with van der Waals surface area (Å²) in [7, 11) is -1.80. The first-order chi connectivity index (χ1) is 21.5. The standard InChI is InChI=1S/C32H31FN4O7S/c1-35-19-28(31(39)36(2)32(35)40)45(41,42)37-13-11-21-17-24-8-9-25(21)30(37)22-5-3-6-23(18-22)43-14-4-12-34-29(38)16-20-7-10-26(33)27(15-20)44-24/h3,5-10,15,17-19,30H,4,11-14,16H2,1-2H3,(H,34,38). The average molecular weight is 635 g/mol. The summed E-state index contributed by atoms with van der Waals surface area (Å²) in [5, 5.41) is 2.83. The van der Waals surface area contributed by atoms with E-state index in [9.17, 15) is 27.2 Å². The third-order valence-corrected chi connectivity index (χ3v) is 9.82. The Morgan fingerprint density at radius 2 is 1.80 bits per heavy atom. The van der Waals surface area contributed by atoms with Crippen LogP contribution in [0, 0.1) is 5.82 Å². The van der Waals surface area contributed by atoms with Gasteiger partial charge in [-0.2, -0.15) is 4.31 Å². The molecule has 1 atom stereocenters. The Hall–Kier alpha value is -4.75. The van der Waals surface area contributed by atoms with Gasteiger partial charge < -0.3 is 19.4 Å². The lowest BCUT2D eigenvalue weighted by Crippen LogP contribution is -2.45. The van der Waals surface area contributed by atoms with Gasteiger partial charge in [-0.1, -0.05) is 24.3 Å². The number of aromatic nitrogens is 2. The molecule has 7 rings (SSSR count). The maximum Gasteiger partial charge on any atom is 0.330 e. The van der Waals surface area contributed by atoms with E-state index in [-0.39, 0.29) is 31.0 Å². The zero-order chi connectivity index (χ0) is 31.9. The van der Waals surface area contributed by atoms with E-state index in [4.69, 9.17) is 9.47 Å². The number of fused-ring (bicyclic) bond motifs is 7. The minimum atomic E-state index is -4.42. The van der Waals surface area contributed by atoms with Crippen LogP contribution in [-0.4, -0.2) is 47.5 Å². The molecule has 234 valence electrons. The van der Waals surface area contributed by atoms with Crippen molar-refractivity contribution in [2.24, 2.45) is 14.1 Å². The lowest BCUT2D eigenvalue weighted by Gasteiger charge is -2.37. The first kappa shape index (κ1) is 30.3. The Labute approximate surface area is 258 Å². The van der Waals surface area contributed by atoms with Gasteiger partial charge in [-0.3, -0.25) is 14.2 Å². The summed E-state index contributed by atoms with van der Waals surface area (Å²) in [5.41, 5.74) is 1.04. The topological polar surface area (TPSA) is 129 Å². The van der Waals surface area contributed by atoms with Gasteiger partial charge in [0.15, 0.2) is 16.5 Å². The van der Waals surface area contributed by atoms with E-state index in [2.05, 4.69) is 5.32 Å².